The van der Waals surface area contributed by atoms with Gasteiger partial charge in [0.1, 0.15) is 5.01 Å². The maximum Gasteiger partial charge on any atom is 0.124 e. The lowest BCUT2D eigenvalue weighted by Crippen LogP contribution is -2.10. The van der Waals surface area contributed by atoms with Crippen molar-refractivity contribution in [1.29, 1.82) is 0 Å². The largest absolute Gasteiger partial charge is 0.310 e. The molecule has 0 unspecified atom stereocenters. The van der Waals surface area contributed by atoms with E-state index in [1.807, 2.05) is 0 Å². The number of nitrogens with zero attached hydrogens (tertiary/aromatic N) is 2. The lowest BCUT2D eigenvalue weighted by molar-refractivity contribution is 1.30. The second-order valence-corrected chi connectivity index (χ2v) is 12.6. The van der Waals surface area contributed by atoms with E-state index >= 15 is 0 Å². The fourth-order valence-corrected chi connectivity index (χ4v) is 7.74. The molecule has 1 heterocycles. The third kappa shape index (κ3) is 4.52. The maximum absolute atomic E-state index is 5.13. The van der Waals surface area contributed by atoms with Crippen LogP contribution < -0.4 is 4.90 Å². The third-order valence-corrected chi connectivity index (χ3v) is 9.98. The van der Waals surface area contributed by atoms with Gasteiger partial charge in [-0.15, -0.1) is 11.3 Å². The lowest BCUT2D eigenvalue weighted by Gasteiger charge is -2.28. The molecule has 9 rings (SSSR count). The lowest BCUT2D eigenvalue weighted by atomic mass is 9.98. The molecule has 3 heteroatoms. The Bertz CT molecular complexity index is 2520. The van der Waals surface area contributed by atoms with Crippen molar-refractivity contribution in [2.24, 2.45) is 0 Å². The zero-order valence-corrected chi connectivity index (χ0v) is 25.8. The first-order valence-electron chi connectivity index (χ1n) is 15.5. The second-order valence-electron chi connectivity index (χ2n) is 11.6. The Labute approximate surface area is 271 Å². The van der Waals surface area contributed by atoms with Gasteiger partial charge in [0, 0.05) is 22.3 Å². The Morgan fingerprint density at radius 3 is 1.89 bits per heavy atom. The number of thiazole rings is 1. The number of anilines is 3. The van der Waals surface area contributed by atoms with E-state index in [2.05, 4.69) is 175 Å². The summed E-state index contributed by atoms with van der Waals surface area (Å²) in [6.07, 6.45) is 0. The average Bonchev–Trinajstić information content (AvgIpc) is 3.58. The number of benzene rings is 8. The first-order chi connectivity index (χ1) is 22.8. The highest BCUT2D eigenvalue weighted by Gasteiger charge is 2.21. The zero-order chi connectivity index (χ0) is 30.5. The van der Waals surface area contributed by atoms with Gasteiger partial charge in [0.2, 0.25) is 0 Å². The van der Waals surface area contributed by atoms with Crippen LogP contribution >= 0.6 is 11.3 Å². The highest BCUT2D eigenvalue weighted by Crippen LogP contribution is 2.47. The Morgan fingerprint density at radius 1 is 0.435 bits per heavy atom. The Morgan fingerprint density at radius 2 is 1.09 bits per heavy atom. The number of para-hydroxylation sites is 1. The van der Waals surface area contributed by atoms with Crippen LogP contribution in [0.1, 0.15) is 0 Å². The maximum atomic E-state index is 5.13. The van der Waals surface area contributed by atoms with E-state index in [1.165, 1.54) is 48.1 Å². The van der Waals surface area contributed by atoms with Gasteiger partial charge >= 0.3 is 0 Å². The molecule has 9 aromatic rings. The molecule has 0 spiro atoms. The van der Waals surface area contributed by atoms with Crippen molar-refractivity contribution < 1.29 is 0 Å². The van der Waals surface area contributed by atoms with Gasteiger partial charge in [0.25, 0.3) is 0 Å². The van der Waals surface area contributed by atoms with Gasteiger partial charge in [0.15, 0.2) is 0 Å². The van der Waals surface area contributed by atoms with Crippen LogP contribution in [0.3, 0.4) is 0 Å². The molecule has 1 aromatic heterocycles. The summed E-state index contributed by atoms with van der Waals surface area (Å²) in [5.74, 6) is 0. The van der Waals surface area contributed by atoms with Crippen molar-refractivity contribution in [2.45, 2.75) is 0 Å². The molecule has 0 fully saturated rings. The van der Waals surface area contributed by atoms with E-state index in [-0.39, 0.29) is 0 Å². The highest BCUT2D eigenvalue weighted by atomic mass is 32.1. The van der Waals surface area contributed by atoms with Crippen LogP contribution in [0.5, 0.6) is 0 Å². The molecule has 8 aromatic carbocycles. The molecule has 0 radical (unpaired) electrons. The van der Waals surface area contributed by atoms with Gasteiger partial charge in [-0.3, -0.25) is 0 Å². The number of rotatable bonds is 5. The molecule has 0 aliphatic heterocycles. The molecule has 0 N–H and O–H groups in total. The average molecular weight is 605 g/mol. The summed E-state index contributed by atoms with van der Waals surface area (Å²) in [6, 6.07) is 60.9. The standard InChI is InChI=1S/C43H28N2S/c1-3-12-31(13-4-1)43-44-39-26-25-38-37-18-10-9-15-34(37)28-40(41(38)42(39)46-43)45(35-16-5-2-6-17-35)36-23-21-30(22-24-36)33-20-19-29-11-7-8-14-32(29)27-33/h1-28H. The summed E-state index contributed by atoms with van der Waals surface area (Å²) < 4.78 is 1.20. The van der Waals surface area contributed by atoms with Gasteiger partial charge < -0.3 is 4.90 Å². The van der Waals surface area contributed by atoms with E-state index in [0.29, 0.717) is 0 Å². The molecule has 0 saturated carbocycles. The van der Waals surface area contributed by atoms with E-state index in [9.17, 15) is 0 Å². The summed E-state index contributed by atoms with van der Waals surface area (Å²) >= 11 is 1.77. The van der Waals surface area contributed by atoms with Crippen LogP contribution in [0, 0.1) is 0 Å². The number of hydrogen-bond acceptors (Lipinski definition) is 3. The first kappa shape index (κ1) is 26.6. The van der Waals surface area contributed by atoms with Gasteiger partial charge in [-0.2, -0.15) is 0 Å². The number of hydrogen-bond donors (Lipinski definition) is 0. The van der Waals surface area contributed by atoms with Crippen LogP contribution in [0.15, 0.2) is 170 Å². The monoisotopic (exact) mass is 604 g/mol. The first-order valence-corrected chi connectivity index (χ1v) is 16.4. The van der Waals surface area contributed by atoms with Crippen molar-refractivity contribution in [3.63, 3.8) is 0 Å². The summed E-state index contributed by atoms with van der Waals surface area (Å²) in [5.41, 5.74) is 7.94. The van der Waals surface area contributed by atoms with E-state index < -0.39 is 0 Å². The highest BCUT2D eigenvalue weighted by molar-refractivity contribution is 7.22. The smallest absolute Gasteiger partial charge is 0.124 e. The summed E-state index contributed by atoms with van der Waals surface area (Å²) in [7, 11) is 0. The fourth-order valence-electron chi connectivity index (χ4n) is 6.61. The number of aromatic nitrogens is 1. The Hall–Kier alpha value is -5.77. The molecule has 46 heavy (non-hydrogen) atoms. The minimum absolute atomic E-state index is 1.02. The van der Waals surface area contributed by atoms with Gasteiger partial charge in [0.05, 0.1) is 15.9 Å². The van der Waals surface area contributed by atoms with Crippen LogP contribution in [0.25, 0.3) is 64.2 Å². The summed E-state index contributed by atoms with van der Waals surface area (Å²) in [4.78, 5) is 7.53. The van der Waals surface area contributed by atoms with Crippen LogP contribution in [-0.2, 0) is 0 Å². The molecule has 0 bridgehead atoms. The molecule has 2 nitrogen and oxygen atoms in total. The molecule has 0 atom stereocenters. The molecular formula is C43H28N2S. The SMILES string of the molecule is c1ccc(-c2nc3ccc4c5ccccc5cc(N(c5ccccc5)c5ccc(-c6ccc7ccccc7c6)cc5)c4c3s2)cc1. The van der Waals surface area contributed by atoms with Gasteiger partial charge in [-0.25, -0.2) is 4.98 Å². The molecule has 0 amide bonds. The van der Waals surface area contributed by atoms with Crippen molar-refractivity contribution in [3.05, 3.63) is 170 Å². The summed E-state index contributed by atoms with van der Waals surface area (Å²) in [5, 5.41) is 8.46. The third-order valence-electron chi connectivity index (χ3n) is 8.84. The predicted molar refractivity (Wildman–Crippen MR) is 198 cm³/mol. The minimum Gasteiger partial charge on any atom is -0.310 e. The molecular weight excluding hydrogens is 577 g/mol. The topological polar surface area (TPSA) is 16.1 Å². The normalized spacial score (nSPS) is 11.5. The van der Waals surface area contributed by atoms with Gasteiger partial charge in [-0.1, -0.05) is 127 Å². The quantitative estimate of drug-likeness (QED) is 0.182. The van der Waals surface area contributed by atoms with Crippen molar-refractivity contribution in [1.82, 2.24) is 4.98 Å². The Balaban J connectivity index is 1.28. The van der Waals surface area contributed by atoms with Crippen LogP contribution in [-0.4, -0.2) is 4.98 Å². The van der Waals surface area contributed by atoms with Gasteiger partial charge in [-0.05, 0) is 80.5 Å². The fraction of sp³-hybridized carbons (Fsp3) is 0. The summed E-state index contributed by atoms with van der Waals surface area (Å²) in [6.45, 7) is 0. The van der Waals surface area contributed by atoms with Crippen molar-refractivity contribution in [2.75, 3.05) is 4.90 Å². The molecule has 0 aliphatic carbocycles. The van der Waals surface area contributed by atoms with Crippen LogP contribution in [0.4, 0.5) is 17.1 Å². The number of fused-ring (bicyclic) bond motifs is 6. The van der Waals surface area contributed by atoms with E-state index in [0.717, 1.165) is 33.1 Å². The second kappa shape index (κ2) is 11.0. The molecule has 216 valence electrons. The van der Waals surface area contributed by atoms with E-state index in [4.69, 9.17) is 4.98 Å². The van der Waals surface area contributed by atoms with Crippen molar-refractivity contribution in [3.8, 4) is 21.7 Å². The molecule has 0 aliphatic rings. The molecule has 0 saturated heterocycles. The van der Waals surface area contributed by atoms with E-state index in [1.54, 1.807) is 11.3 Å². The van der Waals surface area contributed by atoms with Crippen molar-refractivity contribution >= 4 is 70.9 Å². The predicted octanol–water partition coefficient (Wildman–Crippen LogP) is 12.6. The van der Waals surface area contributed by atoms with Crippen LogP contribution in [0.2, 0.25) is 0 Å². The zero-order valence-electron chi connectivity index (χ0n) is 25.0. The minimum atomic E-state index is 1.02. The Kier molecular flexibility index (Phi) is 6.36.